The average molecular weight is 361 g/mol. The van der Waals surface area contributed by atoms with E-state index in [0.717, 1.165) is 28.3 Å². The highest BCUT2D eigenvalue weighted by molar-refractivity contribution is 6.31. The fourth-order valence-electron chi connectivity index (χ4n) is 3.36. The number of amides is 1. The van der Waals surface area contributed by atoms with Gasteiger partial charge < -0.3 is 10.6 Å². The van der Waals surface area contributed by atoms with E-state index < -0.39 is 0 Å². The number of benzene rings is 2. The normalized spacial score (nSPS) is 21.1. The van der Waals surface area contributed by atoms with Gasteiger partial charge in [-0.15, -0.1) is 0 Å². The van der Waals surface area contributed by atoms with E-state index in [2.05, 4.69) is 16.7 Å². The topological polar surface area (TPSA) is 41.1 Å². The van der Waals surface area contributed by atoms with E-state index in [4.69, 9.17) is 11.6 Å². The van der Waals surface area contributed by atoms with Crippen molar-refractivity contribution in [3.05, 3.63) is 70.0 Å². The summed E-state index contributed by atoms with van der Waals surface area (Å²) in [6.45, 7) is 5.30. The van der Waals surface area contributed by atoms with E-state index in [1.807, 2.05) is 26.0 Å². The molecule has 1 saturated heterocycles. The summed E-state index contributed by atoms with van der Waals surface area (Å²) in [5.41, 5.74) is 3.03. The Bertz CT molecular complexity index is 763. The number of nitrogens with one attached hydrogen (secondary N) is 2. The summed E-state index contributed by atoms with van der Waals surface area (Å²) in [7, 11) is 0. The molecular weight excluding hydrogens is 339 g/mol. The van der Waals surface area contributed by atoms with Gasteiger partial charge in [-0.1, -0.05) is 35.9 Å². The van der Waals surface area contributed by atoms with Gasteiger partial charge in [-0.25, -0.2) is 4.39 Å². The molecule has 0 aliphatic carbocycles. The van der Waals surface area contributed by atoms with Crippen LogP contribution in [0.25, 0.3) is 0 Å². The second-order valence-electron chi connectivity index (χ2n) is 6.66. The second kappa shape index (κ2) is 7.54. The Labute approximate surface area is 152 Å². The summed E-state index contributed by atoms with van der Waals surface area (Å²) in [5, 5.41) is 7.11. The number of carbonyl (C=O) groups excluding carboxylic acids is 1. The summed E-state index contributed by atoms with van der Waals surface area (Å²) >= 11 is 6.11. The zero-order valence-corrected chi connectivity index (χ0v) is 15.1. The number of rotatable bonds is 4. The fourth-order valence-corrected chi connectivity index (χ4v) is 3.48. The SMILES string of the molecule is Cc1cc(C2CNCC2C(=O)NC(C)c2ccc(F)cc2)ccc1Cl. The predicted octanol–water partition coefficient (Wildman–Crippen LogP) is 3.97. The van der Waals surface area contributed by atoms with Gasteiger partial charge in [0.25, 0.3) is 0 Å². The lowest BCUT2D eigenvalue weighted by atomic mass is 9.87. The number of hydrogen-bond donors (Lipinski definition) is 2. The van der Waals surface area contributed by atoms with Gasteiger partial charge in [0.2, 0.25) is 5.91 Å². The minimum absolute atomic E-state index is 0.0134. The van der Waals surface area contributed by atoms with Crippen LogP contribution < -0.4 is 10.6 Å². The van der Waals surface area contributed by atoms with Crippen LogP contribution in [0.15, 0.2) is 42.5 Å². The van der Waals surface area contributed by atoms with Gasteiger partial charge in [0.05, 0.1) is 12.0 Å². The van der Waals surface area contributed by atoms with Crippen molar-refractivity contribution in [1.29, 1.82) is 0 Å². The van der Waals surface area contributed by atoms with Crippen LogP contribution in [0, 0.1) is 18.7 Å². The molecule has 0 saturated carbocycles. The van der Waals surface area contributed by atoms with Gasteiger partial charge in [-0.3, -0.25) is 4.79 Å². The molecule has 2 aromatic rings. The number of carbonyl (C=O) groups is 1. The van der Waals surface area contributed by atoms with Gasteiger partial charge in [0, 0.05) is 24.0 Å². The molecule has 0 aromatic heterocycles. The first-order chi connectivity index (χ1) is 12.0. The molecule has 3 nitrogen and oxygen atoms in total. The highest BCUT2D eigenvalue weighted by Crippen LogP contribution is 2.31. The summed E-state index contributed by atoms with van der Waals surface area (Å²) < 4.78 is 13.1. The molecule has 5 heteroatoms. The van der Waals surface area contributed by atoms with E-state index >= 15 is 0 Å². The van der Waals surface area contributed by atoms with Crippen LogP contribution in [-0.4, -0.2) is 19.0 Å². The van der Waals surface area contributed by atoms with Crippen LogP contribution >= 0.6 is 11.6 Å². The third kappa shape index (κ3) is 4.02. The van der Waals surface area contributed by atoms with Crippen molar-refractivity contribution >= 4 is 17.5 Å². The molecule has 0 spiro atoms. The lowest BCUT2D eigenvalue weighted by molar-refractivity contribution is -0.125. The van der Waals surface area contributed by atoms with Crippen molar-refractivity contribution in [2.24, 2.45) is 5.92 Å². The van der Waals surface area contributed by atoms with Crippen molar-refractivity contribution in [2.75, 3.05) is 13.1 Å². The molecule has 1 fully saturated rings. The maximum absolute atomic E-state index is 13.1. The van der Waals surface area contributed by atoms with Crippen molar-refractivity contribution in [2.45, 2.75) is 25.8 Å². The Balaban J connectivity index is 1.72. The van der Waals surface area contributed by atoms with Crippen LogP contribution in [0.5, 0.6) is 0 Å². The molecule has 1 aliphatic heterocycles. The molecule has 3 atom stereocenters. The van der Waals surface area contributed by atoms with Crippen LogP contribution in [-0.2, 0) is 4.79 Å². The number of halogens is 2. The molecular formula is C20H22ClFN2O. The molecule has 1 aliphatic rings. The van der Waals surface area contributed by atoms with Gasteiger partial charge in [-0.05, 0) is 48.7 Å². The van der Waals surface area contributed by atoms with E-state index in [1.165, 1.54) is 12.1 Å². The van der Waals surface area contributed by atoms with E-state index in [9.17, 15) is 9.18 Å². The van der Waals surface area contributed by atoms with Gasteiger partial charge in [-0.2, -0.15) is 0 Å². The van der Waals surface area contributed by atoms with Gasteiger partial charge in [0.1, 0.15) is 5.82 Å². The molecule has 1 heterocycles. The molecule has 1 amide bonds. The maximum atomic E-state index is 13.1. The van der Waals surface area contributed by atoms with Crippen LogP contribution in [0.4, 0.5) is 4.39 Å². The first-order valence-corrected chi connectivity index (χ1v) is 8.86. The molecule has 2 aromatic carbocycles. The lowest BCUT2D eigenvalue weighted by Gasteiger charge is -2.22. The molecule has 0 radical (unpaired) electrons. The summed E-state index contributed by atoms with van der Waals surface area (Å²) in [5.74, 6) is -0.278. The smallest absolute Gasteiger partial charge is 0.225 e. The first kappa shape index (κ1) is 17.9. The second-order valence-corrected chi connectivity index (χ2v) is 7.07. The minimum Gasteiger partial charge on any atom is -0.349 e. The third-order valence-corrected chi connectivity index (χ3v) is 5.31. The predicted molar refractivity (Wildman–Crippen MR) is 98.2 cm³/mol. The van der Waals surface area contributed by atoms with Crippen LogP contribution in [0.1, 0.15) is 35.6 Å². The molecule has 132 valence electrons. The Morgan fingerprint density at radius 1 is 1.24 bits per heavy atom. The molecule has 2 N–H and O–H groups in total. The van der Waals surface area contributed by atoms with Crippen LogP contribution in [0.3, 0.4) is 0 Å². The summed E-state index contributed by atoms with van der Waals surface area (Å²) in [4.78, 5) is 12.8. The monoisotopic (exact) mass is 360 g/mol. The number of hydrogen-bond acceptors (Lipinski definition) is 2. The Kier molecular flexibility index (Phi) is 5.40. The third-order valence-electron chi connectivity index (χ3n) is 4.89. The van der Waals surface area contributed by atoms with Gasteiger partial charge in [0.15, 0.2) is 0 Å². The van der Waals surface area contributed by atoms with Crippen molar-refractivity contribution in [3.63, 3.8) is 0 Å². The summed E-state index contributed by atoms with van der Waals surface area (Å²) in [6.07, 6.45) is 0. The van der Waals surface area contributed by atoms with E-state index in [-0.39, 0.29) is 29.6 Å². The minimum atomic E-state index is -0.277. The standard InChI is InChI=1S/C20H22ClFN2O/c1-12-9-15(5-8-19(12)21)17-10-23-11-18(17)20(25)24-13(2)14-3-6-16(22)7-4-14/h3-9,13,17-18,23H,10-11H2,1-2H3,(H,24,25). The first-order valence-electron chi connectivity index (χ1n) is 8.48. The van der Waals surface area contributed by atoms with Crippen molar-refractivity contribution in [1.82, 2.24) is 10.6 Å². The Morgan fingerprint density at radius 2 is 1.96 bits per heavy atom. The Morgan fingerprint density at radius 3 is 2.64 bits per heavy atom. The molecule has 0 bridgehead atoms. The van der Waals surface area contributed by atoms with Gasteiger partial charge >= 0.3 is 0 Å². The zero-order chi connectivity index (χ0) is 18.0. The highest BCUT2D eigenvalue weighted by atomic mass is 35.5. The lowest BCUT2D eigenvalue weighted by Crippen LogP contribution is -2.36. The van der Waals surface area contributed by atoms with Crippen molar-refractivity contribution < 1.29 is 9.18 Å². The number of aryl methyl sites for hydroxylation is 1. The molecule has 3 unspecified atom stereocenters. The fraction of sp³-hybridized carbons (Fsp3) is 0.350. The Hall–Kier alpha value is -1.91. The van der Waals surface area contributed by atoms with E-state index in [1.54, 1.807) is 12.1 Å². The largest absolute Gasteiger partial charge is 0.349 e. The average Bonchev–Trinajstić information content (AvgIpc) is 3.07. The molecule has 25 heavy (non-hydrogen) atoms. The van der Waals surface area contributed by atoms with E-state index in [0.29, 0.717) is 6.54 Å². The maximum Gasteiger partial charge on any atom is 0.225 e. The quantitative estimate of drug-likeness (QED) is 0.866. The zero-order valence-electron chi connectivity index (χ0n) is 14.4. The highest BCUT2D eigenvalue weighted by Gasteiger charge is 2.34. The van der Waals surface area contributed by atoms with Crippen LogP contribution in [0.2, 0.25) is 5.02 Å². The molecule has 3 rings (SSSR count). The van der Waals surface area contributed by atoms with Crippen molar-refractivity contribution in [3.8, 4) is 0 Å². The summed E-state index contributed by atoms with van der Waals surface area (Å²) in [6, 6.07) is 12.0.